The van der Waals surface area contributed by atoms with Crippen molar-refractivity contribution in [3.8, 4) is 0 Å². The quantitative estimate of drug-likeness (QED) is 0.494. The predicted octanol–water partition coefficient (Wildman–Crippen LogP) is 1.49. The van der Waals surface area contributed by atoms with Crippen molar-refractivity contribution in [1.29, 1.82) is 5.41 Å². The Morgan fingerprint density at radius 3 is 2.56 bits per heavy atom. The van der Waals surface area contributed by atoms with Gasteiger partial charge in [-0.3, -0.25) is 10.4 Å². The highest BCUT2D eigenvalue weighted by molar-refractivity contribution is 6.21. The molecule has 0 atom stereocenters. The minimum Gasteiger partial charge on any atom is -0.477 e. The molecule has 1 aliphatic rings. The highest BCUT2D eigenvalue weighted by Crippen LogP contribution is 2.20. The summed E-state index contributed by atoms with van der Waals surface area (Å²) in [7, 11) is 0. The maximum Gasteiger partial charge on any atom is 0.354 e. The van der Waals surface area contributed by atoms with Crippen LogP contribution in [0.1, 0.15) is 21.9 Å². The molecule has 0 fully saturated rings. The molecule has 0 spiro atoms. The zero-order chi connectivity index (χ0) is 17.8. The van der Waals surface area contributed by atoms with Gasteiger partial charge in [0.2, 0.25) is 0 Å². The van der Waals surface area contributed by atoms with Crippen molar-refractivity contribution in [1.82, 2.24) is 15.3 Å². The van der Waals surface area contributed by atoms with Crippen molar-refractivity contribution in [3.05, 3.63) is 71.7 Å². The number of hydrogen-bond donors (Lipinski definition) is 4. The van der Waals surface area contributed by atoms with Crippen molar-refractivity contribution in [2.45, 2.75) is 0 Å². The first-order valence-electron chi connectivity index (χ1n) is 7.28. The minimum absolute atomic E-state index is 0.0500. The standard InChI is InChI=1S/C17H14N6O2/c18-15(19)14(12-4-1-2-7-20-12)16-21-8-10(9-22-16)11-5-3-6-13(23-11)17(24)25/h1-9,21H,(H3,18,19)(H,24,25)/b16-14+. The molecule has 3 heterocycles. The number of rotatable bonds is 4. The van der Waals surface area contributed by atoms with Gasteiger partial charge in [-0.15, -0.1) is 0 Å². The average Bonchev–Trinajstić information content (AvgIpc) is 2.63. The molecule has 8 heteroatoms. The van der Waals surface area contributed by atoms with Crippen LogP contribution in [-0.4, -0.2) is 33.1 Å². The third-order valence-corrected chi connectivity index (χ3v) is 3.39. The molecule has 0 saturated carbocycles. The summed E-state index contributed by atoms with van der Waals surface area (Å²) in [5.41, 5.74) is 7.60. The molecule has 0 bridgehead atoms. The number of allylic oxidation sites excluding steroid dienone is 1. The normalized spacial score (nSPS) is 15.1. The number of hydrogen-bond acceptors (Lipinski definition) is 6. The summed E-state index contributed by atoms with van der Waals surface area (Å²) in [6.07, 6.45) is 4.77. The van der Waals surface area contributed by atoms with Crippen LogP contribution in [0.3, 0.4) is 0 Å². The van der Waals surface area contributed by atoms with E-state index in [-0.39, 0.29) is 11.5 Å². The SMILES string of the molecule is N=C(N)/C(=C1/N=CC(c2cccc(C(=O)O)n2)=CN1)c1ccccn1. The molecule has 1 aliphatic heterocycles. The number of pyridine rings is 2. The molecule has 124 valence electrons. The number of aliphatic imine (C=N–C) groups is 1. The van der Waals surface area contributed by atoms with E-state index in [1.807, 2.05) is 0 Å². The fourth-order valence-corrected chi connectivity index (χ4v) is 2.24. The second-order valence-corrected chi connectivity index (χ2v) is 5.07. The van der Waals surface area contributed by atoms with Gasteiger partial charge in [0.15, 0.2) is 0 Å². The van der Waals surface area contributed by atoms with E-state index in [1.54, 1.807) is 42.7 Å². The summed E-state index contributed by atoms with van der Waals surface area (Å²) in [6, 6.07) is 10.0. The van der Waals surface area contributed by atoms with Crippen molar-refractivity contribution in [2.75, 3.05) is 0 Å². The summed E-state index contributed by atoms with van der Waals surface area (Å²) < 4.78 is 0. The number of carbonyl (C=O) groups is 1. The Morgan fingerprint density at radius 1 is 1.16 bits per heavy atom. The molecule has 25 heavy (non-hydrogen) atoms. The van der Waals surface area contributed by atoms with Crippen LogP contribution in [0.25, 0.3) is 11.1 Å². The Bertz CT molecular complexity index is 931. The number of aromatic carboxylic acids is 1. The molecular formula is C17H14N6O2. The lowest BCUT2D eigenvalue weighted by Crippen LogP contribution is -2.20. The average molecular weight is 334 g/mol. The van der Waals surface area contributed by atoms with E-state index in [0.717, 1.165) is 0 Å². The third-order valence-electron chi connectivity index (χ3n) is 3.39. The maximum absolute atomic E-state index is 11.0. The van der Waals surface area contributed by atoms with E-state index in [1.165, 1.54) is 12.3 Å². The lowest BCUT2D eigenvalue weighted by atomic mass is 10.1. The summed E-state index contributed by atoms with van der Waals surface area (Å²) in [4.78, 5) is 23.6. The second-order valence-electron chi connectivity index (χ2n) is 5.07. The summed E-state index contributed by atoms with van der Waals surface area (Å²) in [6.45, 7) is 0. The van der Waals surface area contributed by atoms with Crippen LogP contribution in [0.15, 0.2) is 59.6 Å². The molecule has 8 nitrogen and oxygen atoms in total. The summed E-state index contributed by atoms with van der Waals surface area (Å²) in [5.74, 6) is -0.886. The minimum atomic E-state index is -1.10. The van der Waals surface area contributed by atoms with E-state index in [4.69, 9.17) is 16.2 Å². The fraction of sp³-hybridized carbons (Fsp3) is 0. The molecule has 0 saturated heterocycles. The predicted molar refractivity (Wildman–Crippen MR) is 93.9 cm³/mol. The zero-order valence-corrected chi connectivity index (χ0v) is 13.0. The van der Waals surface area contributed by atoms with Gasteiger partial charge in [-0.05, 0) is 24.3 Å². The molecule has 0 aliphatic carbocycles. The van der Waals surface area contributed by atoms with Crippen LogP contribution < -0.4 is 11.1 Å². The number of nitrogens with zero attached hydrogens (tertiary/aromatic N) is 3. The summed E-state index contributed by atoms with van der Waals surface area (Å²) >= 11 is 0. The van der Waals surface area contributed by atoms with Crippen molar-refractivity contribution in [2.24, 2.45) is 10.7 Å². The first-order valence-corrected chi connectivity index (χ1v) is 7.28. The van der Waals surface area contributed by atoms with Crippen molar-refractivity contribution < 1.29 is 9.90 Å². The highest BCUT2D eigenvalue weighted by Gasteiger charge is 2.16. The van der Waals surface area contributed by atoms with Crippen LogP contribution in [0.2, 0.25) is 0 Å². The number of nitrogens with two attached hydrogens (primary N) is 1. The largest absolute Gasteiger partial charge is 0.477 e. The molecule has 2 aromatic heterocycles. The molecular weight excluding hydrogens is 320 g/mol. The number of aromatic nitrogens is 2. The maximum atomic E-state index is 11.0. The monoisotopic (exact) mass is 334 g/mol. The number of nitrogens with one attached hydrogen (secondary N) is 2. The molecule has 0 radical (unpaired) electrons. The van der Waals surface area contributed by atoms with Crippen molar-refractivity contribution in [3.63, 3.8) is 0 Å². The van der Waals surface area contributed by atoms with Crippen LogP contribution in [-0.2, 0) is 0 Å². The molecule has 2 aromatic rings. The van der Waals surface area contributed by atoms with Gasteiger partial charge in [-0.2, -0.15) is 0 Å². The fourth-order valence-electron chi connectivity index (χ4n) is 2.24. The van der Waals surface area contributed by atoms with Crippen LogP contribution in [0.5, 0.6) is 0 Å². The topological polar surface area (TPSA) is 137 Å². The first-order chi connectivity index (χ1) is 12.1. The lowest BCUT2D eigenvalue weighted by molar-refractivity contribution is 0.0690. The first kappa shape index (κ1) is 16.1. The van der Waals surface area contributed by atoms with Gasteiger partial charge in [-0.1, -0.05) is 12.1 Å². The zero-order valence-electron chi connectivity index (χ0n) is 13.0. The number of carboxylic acids is 1. The Balaban J connectivity index is 1.94. The molecule has 5 N–H and O–H groups in total. The smallest absolute Gasteiger partial charge is 0.354 e. The number of carboxylic acid groups (broad SMARTS) is 1. The van der Waals surface area contributed by atoms with Gasteiger partial charge in [-0.25, -0.2) is 14.8 Å². The van der Waals surface area contributed by atoms with Gasteiger partial charge >= 0.3 is 5.97 Å². The second kappa shape index (κ2) is 6.75. The van der Waals surface area contributed by atoms with E-state index in [9.17, 15) is 4.79 Å². The van der Waals surface area contributed by atoms with Crippen molar-refractivity contribution >= 4 is 29.2 Å². The number of amidine groups is 1. The Hall–Kier alpha value is -3.81. The van der Waals surface area contributed by atoms with Crippen LogP contribution in [0, 0.1) is 5.41 Å². The lowest BCUT2D eigenvalue weighted by Gasteiger charge is -2.15. The van der Waals surface area contributed by atoms with Gasteiger partial charge in [0, 0.05) is 24.2 Å². The van der Waals surface area contributed by atoms with Crippen LogP contribution in [0.4, 0.5) is 0 Å². The molecule has 0 unspecified atom stereocenters. The van der Waals surface area contributed by atoms with Crippen LogP contribution >= 0.6 is 0 Å². The molecule has 0 aromatic carbocycles. The van der Waals surface area contributed by atoms with E-state index in [2.05, 4.69) is 20.3 Å². The molecule has 0 amide bonds. The van der Waals surface area contributed by atoms with E-state index < -0.39 is 5.97 Å². The van der Waals surface area contributed by atoms with E-state index in [0.29, 0.717) is 28.4 Å². The third kappa shape index (κ3) is 3.42. The summed E-state index contributed by atoms with van der Waals surface area (Å²) in [5, 5.41) is 19.8. The van der Waals surface area contributed by atoms with Gasteiger partial charge < -0.3 is 16.2 Å². The van der Waals surface area contributed by atoms with Gasteiger partial charge in [0.1, 0.15) is 17.4 Å². The Labute approximate surface area is 143 Å². The Morgan fingerprint density at radius 2 is 1.96 bits per heavy atom. The Kier molecular flexibility index (Phi) is 4.34. The highest BCUT2D eigenvalue weighted by atomic mass is 16.4. The molecule has 3 rings (SSSR count). The van der Waals surface area contributed by atoms with E-state index >= 15 is 0 Å². The van der Waals surface area contributed by atoms with Gasteiger partial charge in [0.25, 0.3) is 0 Å². The van der Waals surface area contributed by atoms with Gasteiger partial charge in [0.05, 0.1) is 17.0 Å².